The Labute approximate surface area is 89.7 Å². The Kier molecular flexibility index (Phi) is 2.51. The fourth-order valence-electron chi connectivity index (χ4n) is 1.68. The molecule has 1 aromatic rings. The average Bonchev–Trinajstić information content (AvgIpc) is 2.20. The van der Waals surface area contributed by atoms with E-state index in [4.69, 9.17) is 0 Å². The van der Waals surface area contributed by atoms with E-state index in [0.29, 0.717) is 0 Å². The monoisotopic (exact) mass is 202 g/mol. The lowest BCUT2D eigenvalue weighted by Gasteiger charge is -2.20. The predicted molar refractivity (Wildman–Crippen MR) is 64.7 cm³/mol. The fraction of sp³-hybridized carbons (Fsp3) is 0.231. The number of hydrogen-bond acceptors (Lipinski definition) is 1. The van der Waals surface area contributed by atoms with Gasteiger partial charge < -0.3 is 0 Å². The Morgan fingerprint density at radius 2 is 2.21 bits per heavy atom. The summed E-state index contributed by atoms with van der Waals surface area (Å²) in [6, 6.07) is 6.60. The van der Waals surface area contributed by atoms with E-state index in [9.17, 15) is 0 Å². The van der Waals surface area contributed by atoms with Crippen molar-refractivity contribution < 1.29 is 0 Å². The summed E-state index contributed by atoms with van der Waals surface area (Å²) in [5.74, 6) is 1.06. The van der Waals surface area contributed by atoms with Gasteiger partial charge in [-0.2, -0.15) is 0 Å². The number of aryl methyl sites for hydroxylation is 1. The first-order valence-corrected chi connectivity index (χ1v) is 5.79. The van der Waals surface area contributed by atoms with Crippen molar-refractivity contribution in [2.45, 2.75) is 18.7 Å². The first-order valence-electron chi connectivity index (χ1n) is 4.80. The summed E-state index contributed by atoms with van der Waals surface area (Å²) in [7, 11) is 0. The number of benzene rings is 1. The predicted octanol–water partition coefficient (Wildman–Crippen LogP) is 4.06. The van der Waals surface area contributed by atoms with E-state index in [2.05, 4.69) is 44.7 Å². The molecule has 1 aliphatic heterocycles. The molecule has 0 saturated carbocycles. The molecule has 0 nitrogen and oxygen atoms in total. The van der Waals surface area contributed by atoms with Crippen LogP contribution < -0.4 is 0 Å². The quantitative estimate of drug-likeness (QED) is 0.611. The minimum atomic E-state index is 1.06. The van der Waals surface area contributed by atoms with E-state index in [0.717, 1.165) is 5.75 Å². The number of hydrogen-bond donors (Lipinski definition) is 0. The lowest BCUT2D eigenvalue weighted by atomic mass is 9.98. The van der Waals surface area contributed by atoms with Crippen LogP contribution in [0.1, 0.15) is 18.1 Å². The van der Waals surface area contributed by atoms with Crippen LogP contribution in [0.4, 0.5) is 0 Å². The summed E-state index contributed by atoms with van der Waals surface area (Å²) in [5, 5.41) is 0. The molecule has 0 unspecified atom stereocenters. The molecule has 0 N–H and O–H groups in total. The summed E-state index contributed by atoms with van der Waals surface area (Å²) < 4.78 is 0. The maximum absolute atomic E-state index is 4.17. The summed E-state index contributed by atoms with van der Waals surface area (Å²) in [4.78, 5) is 1.37. The zero-order valence-corrected chi connectivity index (χ0v) is 9.45. The van der Waals surface area contributed by atoms with Gasteiger partial charge in [0.2, 0.25) is 0 Å². The van der Waals surface area contributed by atoms with Crippen molar-refractivity contribution in [2.75, 3.05) is 5.75 Å². The van der Waals surface area contributed by atoms with Crippen LogP contribution in [0.25, 0.3) is 5.57 Å². The summed E-state index contributed by atoms with van der Waals surface area (Å²) in [5.41, 5.74) is 5.19. The zero-order valence-electron chi connectivity index (χ0n) is 8.63. The maximum Gasteiger partial charge on any atom is 0.0234 e. The molecule has 2 rings (SSSR count). The van der Waals surface area contributed by atoms with Gasteiger partial charge in [-0.05, 0) is 36.6 Å². The molecular formula is C13H14S. The average molecular weight is 202 g/mol. The van der Waals surface area contributed by atoms with Gasteiger partial charge in [0.05, 0.1) is 0 Å². The van der Waals surface area contributed by atoms with Crippen LogP contribution >= 0.6 is 11.8 Å². The highest BCUT2D eigenvalue weighted by Crippen LogP contribution is 2.39. The van der Waals surface area contributed by atoms with Gasteiger partial charge in [-0.1, -0.05) is 30.4 Å². The molecule has 0 aromatic heterocycles. The highest BCUT2D eigenvalue weighted by molar-refractivity contribution is 7.99. The molecule has 0 bridgehead atoms. The first kappa shape index (κ1) is 9.60. The standard InChI is InChI=1S/C13H14S/c1-4-11-8-14-13-6-5-9(2)7-12(13)10(11)3/h4-7H,3,8H2,1-2H3/b11-4+. The first-order chi connectivity index (χ1) is 6.72. The van der Waals surface area contributed by atoms with E-state index in [-0.39, 0.29) is 0 Å². The molecule has 1 heterocycles. The molecule has 1 aliphatic rings. The van der Waals surface area contributed by atoms with Crippen LogP contribution in [0.5, 0.6) is 0 Å². The van der Waals surface area contributed by atoms with Crippen molar-refractivity contribution >= 4 is 17.3 Å². The molecular weight excluding hydrogens is 188 g/mol. The van der Waals surface area contributed by atoms with Gasteiger partial charge in [-0.25, -0.2) is 0 Å². The third-order valence-electron chi connectivity index (χ3n) is 2.58. The van der Waals surface area contributed by atoms with Gasteiger partial charge in [0.1, 0.15) is 0 Å². The topological polar surface area (TPSA) is 0 Å². The van der Waals surface area contributed by atoms with E-state index in [1.807, 2.05) is 11.8 Å². The van der Waals surface area contributed by atoms with Crippen LogP contribution in [0, 0.1) is 6.92 Å². The van der Waals surface area contributed by atoms with Gasteiger partial charge in [0, 0.05) is 10.6 Å². The Morgan fingerprint density at radius 3 is 2.93 bits per heavy atom. The normalized spacial score (nSPS) is 18.4. The van der Waals surface area contributed by atoms with Crippen LogP contribution in [-0.2, 0) is 0 Å². The highest BCUT2D eigenvalue weighted by Gasteiger charge is 2.16. The van der Waals surface area contributed by atoms with Crippen LogP contribution in [0.3, 0.4) is 0 Å². The maximum atomic E-state index is 4.17. The number of allylic oxidation sites excluding steroid dienone is 2. The van der Waals surface area contributed by atoms with E-state index < -0.39 is 0 Å². The van der Waals surface area contributed by atoms with Crippen molar-refractivity contribution in [2.24, 2.45) is 0 Å². The van der Waals surface area contributed by atoms with Gasteiger partial charge in [0.15, 0.2) is 0 Å². The third-order valence-corrected chi connectivity index (χ3v) is 3.70. The molecule has 0 radical (unpaired) electrons. The molecule has 0 atom stereocenters. The molecule has 1 heteroatoms. The smallest absolute Gasteiger partial charge is 0.0234 e. The molecule has 72 valence electrons. The Bertz CT molecular complexity index is 413. The number of thioether (sulfide) groups is 1. The van der Waals surface area contributed by atoms with Gasteiger partial charge in [-0.3, -0.25) is 0 Å². The second-order valence-corrected chi connectivity index (χ2v) is 4.60. The summed E-state index contributed by atoms with van der Waals surface area (Å²) in [6.07, 6.45) is 2.17. The van der Waals surface area contributed by atoms with Crippen molar-refractivity contribution in [3.8, 4) is 0 Å². The lowest BCUT2D eigenvalue weighted by molar-refractivity contribution is 1.30. The molecule has 0 amide bonds. The van der Waals surface area contributed by atoms with Crippen LogP contribution in [0.2, 0.25) is 0 Å². The molecule has 0 aliphatic carbocycles. The van der Waals surface area contributed by atoms with E-state index in [1.54, 1.807) is 0 Å². The molecule has 0 fully saturated rings. The van der Waals surface area contributed by atoms with Crippen molar-refractivity contribution in [1.82, 2.24) is 0 Å². The van der Waals surface area contributed by atoms with Gasteiger partial charge in [0.25, 0.3) is 0 Å². The molecule has 14 heavy (non-hydrogen) atoms. The Balaban J connectivity index is 2.54. The molecule has 0 saturated heterocycles. The largest absolute Gasteiger partial charge is 0.121 e. The Morgan fingerprint density at radius 1 is 1.43 bits per heavy atom. The van der Waals surface area contributed by atoms with Crippen LogP contribution in [-0.4, -0.2) is 5.75 Å². The second-order valence-electron chi connectivity index (χ2n) is 3.58. The van der Waals surface area contributed by atoms with Gasteiger partial charge in [-0.15, -0.1) is 11.8 Å². The minimum absolute atomic E-state index is 1.06. The van der Waals surface area contributed by atoms with Crippen molar-refractivity contribution in [1.29, 1.82) is 0 Å². The Hall–Kier alpha value is -0.950. The second kappa shape index (κ2) is 3.66. The van der Waals surface area contributed by atoms with Gasteiger partial charge >= 0.3 is 0 Å². The SMILES string of the molecule is C=C1/C(=C/C)CSc2ccc(C)cc21. The molecule has 0 spiro atoms. The lowest BCUT2D eigenvalue weighted by Crippen LogP contribution is -2.00. The summed E-state index contributed by atoms with van der Waals surface area (Å²) in [6.45, 7) is 8.38. The highest BCUT2D eigenvalue weighted by atomic mass is 32.2. The zero-order chi connectivity index (χ0) is 10.1. The number of rotatable bonds is 0. The van der Waals surface area contributed by atoms with Crippen LogP contribution in [0.15, 0.2) is 41.3 Å². The van der Waals surface area contributed by atoms with E-state index >= 15 is 0 Å². The molecule has 1 aromatic carbocycles. The fourth-order valence-corrected chi connectivity index (χ4v) is 2.83. The van der Waals surface area contributed by atoms with Crippen molar-refractivity contribution in [3.05, 3.63) is 47.6 Å². The minimum Gasteiger partial charge on any atom is -0.121 e. The van der Waals surface area contributed by atoms with Crippen molar-refractivity contribution in [3.63, 3.8) is 0 Å². The van der Waals surface area contributed by atoms with E-state index in [1.165, 1.54) is 27.2 Å². The summed E-state index contributed by atoms with van der Waals surface area (Å²) >= 11 is 1.90. The third kappa shape index (κ3) is 1.53. The number of fused-ring (bicyclic) bond motifs is 1.